The van der Waals surface area contributed by atoms with Gasteiger partial charge in [-0.05, 0) is 89.3 Å². The van der Waals surface area contributed by atoms with E-state index in [1.807, 2.05) is 0 Å². The minimum atomic E-state index is -0.538. The molecule has 0 amide bonds. The molecule has 0 saturated heterocycles. The molecule has 0 saturated carbocycles. The van der Waals surface area contributed by atoms with Gasteiger partial charge < -0.3 is 0 Å². The summed E-state index contributed by atoms with van der Waals surface area (Å²) in [6, 6.07) is 72.5. The Morgan fingerprint density at radius 1 is 0.333 bits per heavy atom. The molecule has 0 radical (unpaired) electrons. The summed E-state index contributed by atoms with van der Waals surface area (Å²) in [4.78, 5) is 16.1. The molecule has 12 rings (SSSR count). The van der Waals surface area contributed by atoms with E-state index in [-0.39, 0.29) is 5.41 Å². The van der Waals surface area contributed by atoms with Crippen molar-refractivity contribution in [2.75, 3.05) is 0 Å². The van der Waals surface area contributed by atoms with Gasteiger partial charge in [0.25, 0.3) is 0 Å². The molecule has 0 fully saturated rings. The van der Waals surface area contributed by atoms with E-state index in [4.69, 9.17) is 15.0 Å². The minimum Gasteiger partial charge on any atom is -0.208 e. The lowest BCUT2D eigenvalue weighted by Gasteiger charge is -2.34. The Balaban J connectivity index is 1.10. The van der Waals surface area contributed by atoms with Crippen LogP contribution in [0.1, 0.15) is 47.2 Å². The first kappa shape index (κ1) is 34.5. The van der Waals surface area contributed by atoms with Gasteiger partial charge in [0.15, 0.2) is 17.5 Å². The molecule has 0 atom stereocenters. The van der Waals surface area contributed by atoms with Gasteiger partial charge in [0.1, 0.15) is 0 Å². The summed E-state index contributed by atoms with van der Waals surface area (Å²) in [5.74, 6) is 1.95. The highest BCUT2D eigenvalue weighted by atomic mass is 15.0. The fourth-order valence-corrected chi connectivity index (χ4v) is 10.4. The highest BCUT2D eigenvalue weighted by Crippen LogP contribution is 2.57. The van der Waals surface area contributed by atoms with E-state index in [0.717, 1.165) is 27.5 Å². The van der Waals surface area contributed by atoms with E-state index in [2.05, 4.69) is 214 Å². The second-order valence-corrected chi connectivity index (χ2v) is 16.7. The lowest BCUT2D eigenvalue weighted by Crippen LogP contribution is -2.28. The Hall–Kier alpha value is -7.49. The van der Waals surface area contributed by atoms with Crippen molar-refractivity contribution in [2.24, 2.45) is 0 Å². The second-order valence-electron chi connectivity index (χ2n) is 16.7. The molecule has 2 aliphatic rings. The van der Waals surface area contributed by atoms with Crippen LogP contribution in [0.2, 0.25) is 0 Å². The van der Waals surface area contributed by atoms with Crippen molar-refractivity contribution >= 4 is 21.5 Å². The van der Waals surface area contributed by atoms with Gasteiger partial charge in [-0.2, -0.15) is 0 Å². The van der Waals surface area contributed by atoms with Crippen LogP contribution in [-0.4, -0.2) is 15.0 Å². The van der Waals surface area contributed by atoms with Gasteiger partial charge in [-0.15, -0.1) is 0 Å². The summed E-state index contributed by atoms with van der Waals surface area (Å²) in [5.41, 5.74) is 14.8. The highest BCUT2D eigenvalue weighted by molar-refractivity contribution is 6.03. The highest BCUT2D eigenvalue weighted by Gasteiger charge is 2.46. The first-order valence-electron chi connectivity index (χ1n) is 20.8. The molecule has 3 heteroatoms. The van der Waals surface area contributed by atoms with Crippen molar-refractivity contribution in [3.05, 3.63) is 234 Å². The molecular weight excluding hydrogens is 727 g/mol. The van der Waals surface area contributed by atoms with E-state index in [1.165, 1.54) is 66.4 Å². The predicted molar refractivity (Wildman–Crippen MR) is 246 cm³/mol. The van der Waals surface area contributed by atoms with Crippen LogP contribution in [0.15, 0.2) is 200 Å². The van der Waals surface area contributed by atoms with E-state index >= 15 is 0 Å². The topological polar surface area (TPSA) is 38.7 Å². The zero-order valence-electron chi connectivity index (χ0n) is 33.4. The van der Waals surface area contributed by atoms with Gasteiger partial charge in [0.2, 0.25) is 0 Å². The quantitative estimate of drug-likeness (QED) is 0.175. The SMILES string of the molecule is CC1(C)c2cc(-c3nc(-c4ccc5c(c4)C(c4ccccc4)(c4ccccc4)c4ccccc4-5)nc(-c4cccc5ccccc45)n3)ccc2-c2c1ccc1ccccc21. The summed E-state index contributed by atoms with van der Waals surface area (Å²) >= 11 is 0. The molecule has 0 spiro atoms. The number of hydrogen-bond acceptors (Lipinski definition) is 3. The number of nitrogens with zero attached hydrogens (tertiary/aromatic N) is 3. The monoisotopic (exact) mass is 765 g/mol. The Bertz CT molecular complexity index is 3300. The van der Waals surface area contributed by atoms with Crippen LogP contribution in [0.5, 0.6) is 0 Å². The average molecular weight is 766 g/mol. The van der Waals surface area contributed by atoms with Crippen molar-refractivity contribution in [3.63, 3.8) is 0 Å². The van der Waals surface area contributed by atoms with Crippen molar-refractivity contribution in [3.8, 4) is 56.4 Å². The third-order valence-corrected chi connectivity index (χ3v) is 13.2. The Morgan fingerprint density at radius 3 is 1.57 bits per heavy atom. The molecule has 0 unspecified atom stereocenters. The smallest absolute Gasteiger partial charge is 0.164 e. The van der Waals surface area contributed by atoms with Crippen molar-refractivity contribution in [2.45, 2.75) is 24.7 Å². The Morgan fingerprint density at radius 2 is 0.850 bits per heavy atom. The van der Waals surface area contributed by atoms with Crippen molar-refractivity contribution in [1.29, 1.82) is 0 Å². The summed E-state index contributed by atoms with van der Waals surface area (Å²) in [7, 11) is 0. The van der Waals surface area contributed by atoms with Gasteiger partial charge in [-0.25, -0.2) is 15.0 Å². The van der Waals surface area contributed by atoms with Gasteiger partial charge in [0.05, 0.1) is 5.41 Å². The van der Waals surface area contributed by atoms with E-state index < -0.39 is 5.41 Å². The first-order valence-corrected chi connectivity index (χ1v) is 20.8. The second kappa shape index (κ2) is 13.0. The molecule has 0 N–H and O–H groups in total. The van der Waals surface area contributed by atoms with E-state index in [1.54, 1.807) is 0 Å². The molecule has 1 aromatic heterocycles. The molecule has 3 nitrogen and oxygen atoms in total. The van der Waals surface area contributed by atoms with Crippen LogP contribution in [0, 0.1) is 0 Å². The van der Waals surface area contributed by atoms with E-state index in [0.29, 0.717) is 17.5 Å². The average Bonchev–Trinajstić information content (AvgIpc) is 3.74. The van der Waals surface area contributed by atoms with Gasteiger partial charge in [-0.3, -0.25) is 0 Å². The third kappa shape index (κ3) is 4.93. The lowest BCUT2D eigenvalue weighted by atomic mass is 9.67. The van der Waals surface area contributed by atoms with Crippen LogP contribution in [0.25, 0.3) is 78.0 Å². The summed E-state index contributed by atoms with van der Waals surface area (Å²) in [6.45, 7) is 4.68. The normalized spacial score (nSPS) is 14.1. The van der Waals surface area contributed by atoms with Crippen LogP contribution >= 0.6 is 0 Å². The Kier molecular flexibility index (Phi) is 7.49. The minimum absolute atomic E-state index is 0.202. The largest absolute Gasteiger partial charge is 0.208 e. The molecule has 10 aromatic rings. The molecule has 1 heterocycles. The van der Waals surface area contributed by atoms with Crippen LogP contribution in [-0.2, 0) is 10.8 Å². The fraction of sp³-hybridized carbons (Fsp3) is 0.0702. The van der Waals surface area contributed by atoms with Gasteiger partial charge >= 0.3 is 0 Å². The van der Waals surface area contributed by atoms with Gasteiger partial charge in [0, 0.05) is 22.1 Å². The fourth-order valence-electron chi connectivity index (χ4n) is 10.4. The molecule has 9 aromatic carbocycles. The van der Waals surface area contributed by atoms with E-state index in [9.17, 15) is 0 Å². The lowest BCUT2D eigenvalue weighted by molar-refractivity contribution is 0.661. The maximum Gasteiger partial charge on any atom is 0.164 e. The number of benzene rings is 9. The Labute approximate surface area is 349 Å². The summed E-state index contributed by atoms with van der Waals surface area (Å²) < 4.78 is 0. The zero-order valence-corrected chi connectivity index (χ0v) is 33.4. The van der Waals surface area contributed by atoms with Crippen LogP contribution < -0.4 is 0 Å². The third-order valence-electron chi connectivity index (χ3n) is 13.2. The van der Waals surface area contributed by atoms with Crippen LogP contribution in [0.4, 0.5) is 0 Å². The summed E-state index contributed by atoms with van der Waals surface area (Å²) in [5, 5.41) is 4.80. The molecular formula is C57H39N3. The van der Waals surface area contributed by atoms with Gasteiger partial charge in [-0.1, -0.05) is 202 Å². The number of fused-ring (bicyclic) bond motifs is 9. The predicted octanol–water partition coefficient (Wildman–Crippen LogP) is 13.8. The van der Waals surface area contributed by atoms with Crippen LogP contribution in [0.3, 0.4) is 0 Å². The number of hydrogen-bond donors (Lipinski definition) is 0. The molecule has 60 heavy (non-hydrogen) atoms. The number of aromatic nitrogens is 3. The maximum atomic E-state index is 5.40. The zero-order chi connectivity index (χ0) is 40.0. The van der Waals surface area contributed by atoms with Crippen molar-refractivity contribution < 1.29 is 0 Å². The molecule has 0 bridgehead atoms. The number of rotatable bonds is 5. The molecule has 282 valence electrons. The summed E-state index contributed by atoms with van der Waals surface area (Å²) in [6.07, 6.45) is 0. The standard InChI is InChI=1S/C57H39N3/c1-56(2)49-33-30-37-17-10-12-24-43(37)52(49)47-32-29-38(34-50(47)56)53-58-54(60-55(59-53)46-26-15-18-36-16-9-11-23-42(36)46)39-28-31-45-44-25-13-14-27-48(44)57(51(45)35-39,40-19-5-3-6-20-40)41-21-7-4-8-22-41/h3-35H,1-2H3. The first-order chi connectivity index (χ1) is 29.5. The maximum absolute atomic E-state index is 5.40. The molecule has 2 aliphatic carbocycles. The van der Waals surface area contributed by atoms with Crippen molar-refractivity contribution in [1.82, 2.24) is 15.0 Å². The molecule has 0 aliphatic heterocycles.